The van der Waals surface area contributed by atoms with Gasteiger partial charge in [-0.3, -0.25) is 0 Å². The fourth-order valence-corrected chi connectivity index (χ4v) is 2.16. The van der Waals surface area contributed by atoms with Crippen molar-refractivity contribution in [1.29, 1.82) is 0 Å². The fraction of sp³-hybridized carbons (Fsp3) is 0.889. The Morgan fingerprint density at radius 3 is 2.86 bits per heavy atom. The van der Waals surface area contributed by atoms with E-state index in [0.29, 0.717) is 19.6 Å². The molecule has 0 aromatic rings. The first-order valence-electron chi connectivity index (χ1n) is 5.14. The standard InChI is InChI=1S/C9H17N3O2/c10-3-6-12-7-9(14-8(12)13)1-4-11-5-2-9/h11H,1-7,10H2. The van der Waals surface area contributed by atoms with Crippen LogP contribution < -0.4 is 11.1 Å². The van der Waals surface area contributed by atoms with E-state index in [0.717, 1.165) is 25.9 Å². The van der Waals surface area contributed by atoms with Crippen LogP contribution in [-0.2, 0) is 4.74 Å². The monoisotopic (exact) mass is 199 g/mol. The summed E-state index contributed by atoms with van der Waals surface area (Å²) in [4.78, 5) is 13.2. The molecular formula is C9H17N3O2. The molecule has 1 spiro atoms. The average Bonchev–Trinajstić information content (AvgIpc) is 2.45. The Labute approximate surface area is 83.6 Å². The maximum absolute atomic E-state index is 11.5. The smallest absolute Gasteiger partial charge is 0.410 e. The van der Waals surface area contributed by atoms with E-state index in [2.05, 4.69) is 5.32 Å². The summed E-state index contributed by atoms with van der Waals surface area (Å²) in [6.45, 7) is 3.69. The second kappa shape index (κ2) is 3.74. The highest BCUT2D eigenvalue weighted by molar-refractivity contribution is 5.70. The number of nitrogens with one attached hydrogen (secondary N) is 1. The summed E-state index contributed by atoms with van der Waals surface area (Å²) in [5.74, 6) is 0. The number of carbonyl (C=O) groups is 1. The van der Waals surface area contributed by atoms with Gasteiger partial charge in [0.25, 0.3) is 0 Å². The zero-order chi connectivity index (χ0) is 10.0. The van der Waals surface area contributed by atoms with Crippen LogP contribution >= 0.6 is 0 Å². The number of amides is 1. The first kappa shape index (κ1) is 9.73. The normalized spacial score (nSPS) is 25.5. The zero-order valence-corrected chi connectivity index (χ0v) is 8.29. The molecule has 0 atom stereocenters. The largest absolute Gasteiger partial charge is 0.441 e. The number of nitrogens with two attached hydrogens (primary N) is 1. The Morgan fingerprint density at radius 1 is 1.50 bits per heavy atom. The van der Waals surface area contributed by atoms with Gasteiger partial charge < -0.3 is 20.7 Å². The van der Waals surface area contributed by atoms with Crippen molar-refractivity contribution in [1.82, 2.24) is 10.2 Å². The molecule has 2 aliphatic heterocycles. The first-order chi connectivity index (χ1) is 6.76. The molecule has 2 rings (SSSR count). The molecule has 0 aromatic carbocycles. The summed E-state index contributed by atoms with van der Waals surface area (Å²) < 4.78 is 5.45. The molecular weight excluding hydrogens is 182 g/mol. The van der Waals surface area contributed by atoms with Gasteiger partial charge in [0.05, 0.1) is 6.54 Å². The minimum atomic E-state index is -0.225. The Morgan fingerprint density at radius 2 is 2.21 bits per heavy atom. The van der Waals surface area contributed by atoms with Crippen LogP contribution in [0.4, 0.5) is 4.79 Å². The van der Waals surface area contributed by atoms with Crippen LogP contribution in [0.3, 0.4) is 0 Å². The van der Waals surface area contributed by atoms with Crippen LogP contribution in [0, 0.1) is 0 Å². The molecule has 0 aromatic heterocycles. The summed E-state index contributed by atoms with van der Waals surface area (Å²) in [5.41, 5.74) is 5.20. The van der Waals surface area contributed by atoms with E-state index in [1.165, 1.54) is 0 Å². The van der Waals surface area contributed by atoms with Crippen molar-refractivity contribution in [2.45, 2.75) is 18.4 Å². The van der Waals surface area contributed by atoms with Crippen LogP contribution in [0.15, 0.2) is 0 Å². The van der Waals surface area contributed by atoms with Gasteiger partial charge in [-0.2, -0.15) is 0 Å². The summed E-state index contributed by atoms with van der Waals surface area (Å²) in [7, 11) is 0. The summed E-state index contributed by atoms with van der Waals surface area (Å²) in [6, 6.07) is 0. The lowest BCUT2D eigenvalue weighted by Gasteiger charge is -2.31. The van der Waals surface area contributed by atoms with Crippen molar-refractivity contribution in [2.75, 3.05) is 32.7 Å². The van der Waals surface area contributed by atoms with E-state index in [9.17, 15) is 4.79 Å². The molecule has 0 aliphatic carbocycles. The lowest BCUT2D eigenvalue weighted by atomic mass is 9.92. The van der Waals surface area contributed by atoms with Crippen molar-refractivity contribution in [3.05, 3.63) is 0 Å². The van der Waals surface area contributed by atoms with Gasteiger partial charge in [0.1, 0.15) is 5.60 Å². The molecule has 2 heterocycles. The molecule has 2 aliphatic rings. The second-order valence-electron chi connectivity index (χ2n) is 4.01. The molecule has 0 saturated carbocycles. The zero-order valence-electron chi connectivity index (χ0n) is 8.29. The molecule has 5 heteroatoms. The van der Waals surface area contributed by atoms with E-state index < -0.39 is 0 Å². The molecule has 0 unspecified atom stereocenters. The van der Waals surface area contributed by atoms with Gasteiger partial charge in [-0.15, -0.1) is 0 Å². The Bertz CT molecular complexity index is 226. The molecule has 80 valence electrons. The number of ether oxygens (including phenoxy) is 1. The number of rotatable bonds is 2. The Kier molecular flexibility index (Phi) is 2.60. The van der Waals surface area contributed by atoms with Gasteiger partial charge in [-0.25, -0.2) is 4.79 Å². The van der Waals surface area contributed by atoms with E-state index >= 15 is 0 Å². The SMILES string of the molecule is NCCN1CC2(CCNCC2)OC1=O. The Hall–Kier alpha value is -0.810. The highest BCUT2D eigenvalue weighted by Crippen LogP contribution is 2.30. The lowest BCUT2D eigenvalue weighted by Crippen LogP contribution is -2.45. The topological polar surface area (TPSA) is 67.6 Å². The maximum atomic E-state index is 11.5. The molecule has 5 nitrogen and oxygen atoms in total. The summed E-state index contributed by atoms with van der Waals surface area (Å²) >= 11 is 0. The van der Waals surface area contributed by atoms with E-state index in [1.54, 1.807) is 4.90 Å². The summed E-state index contributed by atoms with van der Waals surface area (Å²) in [5, 5.41) is 3.26. The third-order valence-corrected chi connectivity index (χ3v) is 2.95. The lowest BCUT2D eigenvalue weighted by molar-refractivity contribution is 0.0316. The van der Waals surface area contributed by atoms with E-state index in [-0.39, 0.29) is 11.7 Å². The van der Waals surface area contributed by atoms with E-state index in [4.69, 9.17) is 10.5 Å². The van der Waals surface area contributed by atoms with Crippen molar-refractivity contribution < 1.29 is 9.53 Å². The number of piperidine rings is 1. The third-order valence-electron chi connectivity index (χ3n) is 2.95. The molecule has 2 saturated heterocycles. The van der Waals surface area contributed by atoms with Gasteiger partial charge in [0.15, 0.2) is 0 Å². The average molecular weight is 199 g/mol. The van der Waals surface area contributed by atoms with Crippen LogP contribution in [0.5, 0.6) is 0 Å². The predicted octanol–water partition coefficient (Wildman–Crippen LogP) is -0.480. The van der Waals surface area contributed by atoms with Gasteiger partial charge in [-0.05, 0) is 13.1 Å². The predicted molar refractivity (Wildman–Crippen MR) is 51.9 cm³/mol. The van der Waals surface area contributed by atoms with E-state index in [1.807, 2.05) is 0 Å². The number of hydrogen-bond acceptors (Lipinski definition) is 4. The quantitative estimate of drug-likeness (QED) is 0.630. The van der Waals surface area contributed by atoms with Gasteiger partial charge in [0, 0.05) is 25.9 Å². The first-order valence-corrected chi connectivity index (χ1v) is 5.14. The van der Waals surface area contributed by atoms with Gasteiger partial charge in [0.2, 0.25) is 0 Å². The van der Waals surface area contributed by atoms with Crippen molar-refractivity contribution in [3.63, 3.8) is 0 Å². The van der Waals surface area contributed by atoms with Crippen molar-refractivity contribution in [3.8, 4) is 0 Å². The van der Waals surface area contributed by atoms with Crippen molar-refractivity contribution >= 4 is 6.09 Å². The van der Waals surface area contributed by atoms with Gasteiger partial charge in [-0.1, -0.05) is 0 Å². The number of carbonyl (C=O) groups excluding carboxylic acids is 1. The minimum absolute atomic E-state index is 0.197. The third kappa shape index (κ3) is 1.69. The minimum Gasteiger partial charge on any atom is -0.441 e. The summed E-state index contributed by atoms with van der Waals surface area (Å²) in [6.07, 6.45) is 1.64. The number of hydrogen-bond donors (Lipinski definition) is 2. The Balaban J connectivity index is 1.99. The molecule has 2 fully saturated rings. The fourth-order valence-electron chi connectivity index (χ4n) is 2.16. The van der Waals surface area contributed by atoms with Crippen LogP contribution in [0.2, 0.25) is 0 Å². The second-order valence-corrected chi connectivity index (χ2v) is 4.01. The highest BCUT2D eigenvalue weighted by atomic mass is 16.6. The molecule has 0 radical (unpaired) electrons. The molecule has 0 bridgehead atoms. The highest BCUT2D eigenvalue weighted by Gasteiger charge is 2.45. The maximum Gasteiger partial charge on any atom is 0.410 e. The number of nitrogens with zero attached hydrogens (tertiary/aromatic N) is 1. The van der Waals surface area contributed by atoms with Gasteiger partial charge >= 0.3 is 6.09 Å². The van der Waals surface area contributed by atoms with Crippen LogP contribution in [0.1, 0.15) is 12.8 Å². The molecule has 3 N–H and O–H groups in total. The van der Waals surface area contributed by atoms with Crippen LogP contribution in [0.25, 0.3) is 0 Å². The molecule has 1 amide bonds. The van der Waals surface area contributed by atoms with Crippen molar-refractivity contribution in [2.24, 2.45) is 5.73 Å². The van der Waals surface area contributed by atoms with Crippen LogP contribution in [-0.4, -0.2) is 49.3 Å². The molecule has 14 heavy (non-hydrogen) atoms.